The van der Waals surface area contributed by atoms with Crippen molar-refractivity contribution in [1.29, 1.82) is 0 Å². The Morgan fingerprint density at radius 3 is 2.48 bits per heavy atom. The molecule has 0 fully saturated rings. The lowest BCUT2D eigenvalue weighted by atomic mass is 10.1. The largest absolute Gasteiger partial charge is 0.506 e. The van der Waals surface area contributed by atoms with Gasteiger partial charge in [-0.15, -0.1) is 11.8 Å². The van der Waals surface area contributed by atoms with E-state index in [-0.39, 0.29) is 0 Å². The molecular formula is C18H16O2S. The first-order valence-corrected chi connectivity index (χ1v) is 7.73. The maximum absolute atomic E-state index is 10.4. The fourth-order valence-electron chi connectivity index (χ4n) is 2.23. The fraction of sp³-hybridized carbons (Fsp3) is 0.111. The highest BCUT2D eigenvalue weighted by atomic mass is 32.2. The highest BCUT2D eigenvalue weighted by Gasteiger charge is 2.07. The van der Waals surface area contributed by atoms with E-state index in [0.29, 0.717) is 5.75 Å². The molecule has 0 atom stereocenters. The molecule has 0 aromatic heterocycles. The van der Waals surface area contributed by atoms with Crippen molar-refractivity contribution in [3.8, 4) is 11.5 Å². The van der Waals surface area contributed by atoms with Crippen LogP contribution in [0.2, 0.25) is 0 Å². The van der Waals surface area contributed by atoms with Crippen LogP contribution in [0.25, 0.3) is 10.8 Å². The van der Waals surface area contributed by atoms with Crippen LogP contribution in [-0.4, -0.2) is 12.2 Å². The molecule has 0 aliphatic carbocycles. The van der Waals surface area contributed by atoms with Gasteiger partial charge >= 0.3 is 0 Å². The highest BCUT2D eigenvalue weighted by Crippen LogP contribution is 2.36. The Morgan fingerprint density at radius 1 is 0.952 bits per heavy atom. The smallest absolute Gasteiger partial charge is 0.136 e. The van der Waals surface area contributed by atoms with Gasteiger partial charge in [-0.1, -0.05) is 42.5 Å². The van der Waals surface area contributed by atoms with Gasteiger partial charge in [-0.25, -0.2) is 0 Å². The first kappa shape index (κ1) is 13.8. The third-order valence-corrected chi connectivity index (χ3v) is 4.54. The number of benzene rings is 3. The molecule has 0 aliphatic rings. The van der Waals surface area contributed by atoms with Gasteiger partial charge in [0.2, 0.25) is 0 Å². The van der Waals surface area contributed by atoms with Gasteiger partial charge in [-0.3, -0.25) is 0 Å². The highest BCUT2D eigenvalue weighted by molar-refractivity contribution is 7.98. The minimum Gasteiger partial charge on any atom is -0.506 e. The lowest BCUT2D eigenvalue weighted by Gasteiger charge is -2.08. The number of methoxy groups -OCH3 is 1. The van der Waals surface area contributed by atoms with Gasteiger partial charge < -0.3 is 9.84 Å². The molecule has 0 aliphatic heterocycles. The molecule has 0 saturated carbocycles. The molecule has 0 bridgehead atoms. The quantitative estimate of drug-likeness (QED) is 0.698. The van der Waals surface area contributed by atoms with Crippen molar-refractivity contribution in [1.82, 2.24) is 0 Å². The number of ether oxygens (including phenoxy) is 1. The van der Waals surface area contributed by atoms with Crippen LogP contribution in [0.15, 0.2) is 65.6 Å². The Hall–Kier alpha value is -2.13. The molecule has 3 rings (SSSR count). The van der Waals surface area contributed by atoms with E-state index in [2.05, 4.69) is 0 Å². The van der Waals surface area contributed by atoms with Crippen LogP contribution < -0.4 is 4.74 Å². The normalized spacial score (nSPS) is 10.7. The molecule has 3 heteroatoms. The van der Waals surface area contributed by atoms with E-state index < -0.39 is 0 Å². The molecule has 0 spiro atoms. The van der Waals surface area contributed by atoms with Crippen molar-refractivity contribution in [2.24, 2.45) is 0 Å². The van der Waals surface area contributed by atoms with E-state index in [4.69, 9.17) is 4.74 Å². The monoisotopic (exact) mass is 296 g/mol. The number of phenols is 1. The predicted octanol–water partition coefficient (Wildman–Crippen LogP) is 4.85. The summed E-state index contributed by atoms with van der Waals surface area (Å²) in [6.45, 7) is 0. The van der Waals surface area contributed by atoms with Crippen LogP contribution >= 0.6 is 11.8 Å². The number of aromatic hydroxyl groups is 1. The molecule has 106 valence electrons. The summed E-state index contributed by atoms with van der Waals surface area (Å²) >= 11 is 1.64. The summed E-state index contributed by atoms with van der Waals surface area (Å²) in [5.41, 5.74) is 1.20. The summed E-state index contributed by atoms with van der Waals surface area (Å²) in [6, 6.07) is 19.9. The zero-order chi connectivity index (χ0) is 14.7. The molecule has 0 radical (unpaired) electrons. The zero-order valence-corrected chi connectivity index (χ0v) is 12.6. The Morgan fingerprint density at radius 2 is 1.71 bits per heavy atom. The molecule has 3 aromatic carbocycles. The summed E-state index contributed by atoms with van der Waals surface area (Å²) in [5.74, 6) is 2.04. The minimum atomic E-state index is 0.367. The maximum atomic E-state index is 10.4. The second-order valence-electron chi connectivity index (χ2n) is 4.77. The Balaban J connectivity index is 1.79. The second-order valence-corrected chi connectivity index (χ2v) is 5.79. The van der Waals surface area contributed by atoms with Crippen LogP contribution in [0.1, 0.15) is 5.56 Å². The molecular weight excluding hydrogens is 280 g/mol. The van der Waals surface area contributed by atoms with Crippen molar-refractivity contribution >= 4 is 22.5 Å². The maximum Gasteiger partial charge on any atom is 0.136 e. The molecule has 1 N–H and O–H groups in total. The first-order chi connectivity index (χ1) is 10.3. The molecule has 2 nitrogen and oxygen atoms in total. The van der Waals surface area contributed by atoms with Gasteiger partial charge in [0.05, 0.1) is 12.0 Å². The van der Waals surface area contributed by atoms with E-state index in [1.54, 1.807) is 18.9 Å². The van der Waals surface area contributed by atoms with Crippen molar-refractivity contribution in [2.45, 2.75) is 10.6 Å². The summed E-state index contributed by atoms with van der Waals surface area (Å²) in [7, 11) is 1.66. The third kappa shape index (κ3) is 2.98. The van der Waals surface area contributed by atoms with Gasteiger partial charge in [-0.05, 0) is 29.1 Å². The molecule has 0 unspecified atom stereocenters. The summed E-state index contributed by atoms with van der Waals surface area (Å²) in [6.07, 6.45) is 0. The molecule has 0 saturated heterocycles. The van der Waals surface area contributed by atoms with Crippen LogP contribution in [0.5, 0.6) is 11.5 Å². The van der Waals surface area contributed by atoms with Crippen molar-refractivity contribution in [2.75, 3.05) is 7.11 Å². The molecule has 0 heterocycles. The van der Waals surface area contributed by atoms with Crippen LogP contribution in [0.4, 0.5) is 0 Å². The summed E-state index contributed by atoms with van der Waals surface area (Å²) < 4.78 is 5.15. The summed E-state index contributed by atoms with van der Waals surface area (Å²) in [5, 5.41) is 12.3. The standard InChI is InChI=1S/C18H16O2S/c1-20-15-9-6-13(7-10-15)12-21-17-11-8-14-4-2-3-5-16(14)18(17)19/h2-11,19H,12H2,1H3. The molecule has 21 heavy (non-hydrogen) atoms. The van der Waals surface area contributed by atoms with Crippen LogP contribution in [-0.2, 0) is 5.75 Å². The second kappa shape index (κ2) is 6.10. The van der Waals surface area contributed by atoms with Gasteiger partial charge in [0.15, 0.2) is 0 Å². The Kier molecular flexibility index (Phi) is 4.02. The SMILES string of the molecule is COc1ccc(CSc2ccc3ccccc3c2O)cc1. The van der Waals surface area contributed by atoms with Gasteiger partial charge in [-0.2, -0.15) is 0 Å². The average Bonchev–Trinajstić information content (AvgIpc) is 2.55. The number of hydrogen-bond donors (Lipinski definition) is 1. The van der Waals surface area contributed by atoms with Crippen molar-refractivity contribution in [3.05, 3.63) is 66.2 Å². The topological polar surface area (TPSA) is 29.5 Å². The number of rotatable bonds is 4. The van der Waals surface area contributed by atoms with E-state index >= 15 is 0 Å². The molecule has 0 amide bonds. The lowest BCUT2D eigenvalue weighted by Crippen LogP contribution is -1.85. The van der Waals surface area contributed by atoms with Crippen molar-refractivity contribution in [3.63, 3.8) is 0 Å². The third-order valence-electron chi connectivity index (χ3n) is 3.42. The zero-order valence-electron chi connectivity index (χ0n) is 11.7. The Labute approximate surface area is 128 Å². The number of thioether (sulfide) groups is 1. The first-order valence-electron chi connectivity index (χ1n) is 6.74. The van der Waals surface area contributed by atoms with Gasteiger partial charge in [0.25, 0.3) is 0 Å². The molecule has 3 aromatic rings. The van der Waals surface area contributed by atoms with Crippen LogP contribution in [0.3, 0.4) is 0 Å². The minimum absolute atomic E-state index is 0.367. The Bertz CT molecular complexity index is 751. The van der Waals surface area contributed by atoms with E-state index in [1.807, 2.05) is 60.7 Å². The average molecular weight is 296 g/mol. The predicted molar refractivity (Wildman–Crippen MR) is 88.2 cm³/mol. The fourth-order valence-corrected chi connectivity index (χ4v) is 3.16. The van der Waals surface area contributed by atoms with Gasteiger partial charge in [0, 0.05) is 11.1 Å². The van der Waals surface area contributed by atoms with E-state index in [0.717, 1.165) is 27.2 Å². The summed E-state index contributed by atoms with van der Waals surface area (Å²) in [4.78, 5) is 0.907. The van der Waals surface area contributed by atoms with Crippen LogP contribution in [0, 0.1) is 0 Å². The number of fused-ring (bicyclic) bond motifs is 1. The number of phenolic OH excluding ortho intramolecular Hbond substituents is 1. The van der Waals surface area contributed by atoms with E-state index in [1.165, 1.54) is 5.56 Å². The van der Waals surface area contributed by atoms with Gasteiger partial charge in [0.1, 0.15) is 11.5 Å². The lowest BCUT2D eigenvalue weighted by molar-refractivity contribution is 0.414. The number of hydrogen-bond acceptors (Lipinski definition) is 3. The van der Waals surface area contributed by atoms with Crippen molar-refractivity contribution < 1.29 is 9.84 Å². The van der Waals surface area contributed by atoms with E-state index in [9.17, 15) is 5.11 Å².